The number of carbonyl (C=O) groups is 1. The van der Waals surface area contributed by atoms with Gasteiger partial charge in [0, 0.05) is 25.0 Å². The van der Waals surface area contributed by atoms with Gasteiger partial charge in [0.2, 0.25) is 0 Å². The molecule has 0 atom stereocenters. The number of aryl methyl sites for hydroxylation is 1. The van der Waals surface area contributed by atoms with Crippen LogP contribution in [0.5, 0.6) is 0 Å². The van der Waals surface area contributed by atoms with Crippen molar-refractivity contribution in [2.24, 2.45) is 0 Å². The maximum absolute atomic E-state index is 11.3. The van der Waals surface area contributed by atoms with E-state index in [-0.39, 0.29) is 5.56 Å². The van der Waals surface area contributed by atoms with E-state index in [0.717, 1.165) is 16.9 Å². The average molecular weight is 293 g/mol. The van der Waals surface area contributed by atoms with Crippen molar-refractivity contribution in [1.29, 1.82) is 0 Å². The van der Waals surface area contributed by atoms with Gasteiger partial charge in [-0.2, -0.15) is 5.10 Å². The first-order valence-corrected chi connectivity index (χ1v) is 6.92. The number of aromatic carboxylic acids is 1. The van der Waals surface area contributed by atoms with Gasteiger partial charge in [-0.3, -0.25) is 4.98 Å². The summed E-state index contributed by atoms with van der Waals surface area (Å²) in [5, 5.41) is 13.8. The summed E-state index contributed by atoms with van der Waals surface area (Å²) in [5.74, 6) is -0.947. The molecule has 22 heavy (non-hydrogen) atoms. The maximum atomic E-state index is 11.3. The van der Waals surface area contributed by atoms with Gasteiger partial charge in [0.15, 0.2) is 0 Å². The predicted molar refractivity (Wildman–Crippen MR) is 82.3 cm³/mol. The van der Waals surface area contributed by atoms with Crippen LogP contribution >= 0.6 is 0 Å². The van der Waals surface area contributed by atoms with Crippen molar-refractivity contribution in [1.82, 2.24) is 14.8 Å². The first-order valence-electron chi connectivity index (χ1n) is 6.92. The van der Waals surface area contributed by atoms with Crippen molar-refractivity contribution in [2.45, 2.75) is 13.3 Å². The number of carboxylic acids is 1. The first kappa shape index (κ1) is 14.0. The van der Waals surface area contributed by atoms with E-state index >= 15 is 0 Å². The molecule has 5 heteroatoms. The second kappa shape index (κ2) is 5.81. The summed E-state index contributed by atoms with van der Waals surface area (Å²) < 4.78 is 1.81. The third-order valence-corrected chi connectivity index (χ3v) is 3.51. The van der Waals surface area contributed by atoms with Gasteiger partial charge in [-0.25, -0.2) is 9.48 Å². The van der Waals surface area contributed by atoms with Gasteiger partial charge in [-0.05, 0) is 36.2 Å². The third kappa shape index (κ3) is 2.74. The van der Waals surface area contributed by atoms with Crippen molar-refractivity contribution in [2.75, 3.05) is 0 Å². The number of para-hydroxylation sites is 1. The Bertz CT molecular complexity index is 810. The highest BCUT2D eigenvalue weighted by molar-refractivity contribution is 5.89. The Hall–Kier alpha value is -2.95. The van der Waals surface area contributed by atoms with E-state index in [1.165, 1.54) is 12.3 Å². The normalized spacial score (nSPS) is 10.6. The molecule has 0 aliphatic carbocycles. The number of rotatable bonds is 4. The summed E-state index contributed by atoms with van der Waals surface area (Å²) in [6.45, 7) is 1.97. The fourth-order valence-electron chi connectivity index (χ4n) is 2.34. The van der Waals surface area contributed by atoms with Crippen LogP contribution in [0, 0.1) is 6.92 Å². The Labute approximate surface area is 127 Å². The molecule has 0 fully saturated rings. The fourth-order valence-corrected chi connectivity index (χ4v) is 2.34. The number of aromatic nitrogens is 3. The van der Waals surface area contributed by atoms with Gasteiger partial charge < -0.3 is 5.11 Å². The minimum atomic E-state index is -0.947. The smallest absolute Gasteiger partial charge is 0.336 e. The summed E-state index contributed by atoms with van der Waals surface area (Å²) in [6, 6.07) is 11.3. The van der Waals surface area contributed by atoms with Gasteiger partial charge in [-0.1, -0.05) is 18.2 Å². The zero-order valence-corrected chi connectivity index (χ0v) is 12.1. The third-order valence-electron chi connectivity index (χ3n) is 3.51. The highest BCUT2D eigenvalue weighted by Gasteiger charge is 2.13. The van der Waals surface area contributed by atoms with Gasteiger partial charge in [0.1, 0.15) is 0 Å². The minimum absolute atomic E-state index is 0.267. The van der Waals surface area contributed by atoms with E-state index in [1.807, 2.05) is 48.1 Å². The Morgan fingerprint density at radius 2 is 2.00 bits per heavy atom. The molecule has 0 amide bonds. The van der Waals surface area contributed by atoms with E-state index in [2.05, 4.69) is 10.1 Å². The van der Waals surface area contributed by atoms with E-state index in [1.54, 1.807) is 6.20 Å². The summed E-state index contributed by atoms with van der Waals surface area (Å²) >= 11 is 0. The second-order valence-corrected chi connectivity index (χ2v) is 5.05. The molecule has 0 aliphatic heterocycles. The van der Waals surface area contributed by atoms with E-state index in [0.29, 0.717) is 12.0 Å². The van der Waals surface area contributed by atoms with Crippen molar-refractivity contribution in [3.05, 3.63) is 77.4 Å². The van der Waals surface area contributed by atoms with Crippen molar-refractivity contribution < 1.29 is 9.90 Å². The van der Waals surface area contributed by atoms with Crippen molar-refractivity contribution >= 4 is 5.97 Å². The highest BCUT2D eigenvalue weighted by atomic mass is 16.4. The lowest BCUT2D eigenvalue weighted by Crippen LogP contribution is -2.05. The van der Waals surface area contributed by atoms with Crippen LogP contribution in [-0.4, -0.2) is 25.8 Å². The molecule has 0 saturated heterocycles. The summed E-state index contributed by atoms with van der Waals surface area (Å²) in [5.41, 5.74) is 3.77. The van der Waals surface area contributed by atoms with Crippen LogP contribution in [0.2, 0.25) is 0 Å². The number of carboxylic acid groups (broad SMARTS) is 1. The molecule has 5 nitrogen and oxygen atoms in total. The summed E-state index contributed by atoms with van der Waals surface area (Å²) in [4.78, 5) is 15.3. The second-order valence-electron chi connectivity index (χ2n) is 5.05. The number of nitrogens with zero attached hydrogens (tertiary/aromatic N) is 3. The van der Waals surface area contributed by atoms with E-state index in [4.69, 9.17) is 0 Å². The average Bonchev–Trinajstić information content (AvgIpc) is 2.90. The molecule has 2 aromatic heterocycles. The quantitative estimate of drug-likeness (QED) is 0.803. The Kier molecular flexibility index (Phi) is 3.70. The Morgan fingerprint density at radius 1 is 1.23 bits per heavy atom. The van der Waals surface area contributed by atoms with Crippen LogP contribution in [0.3, 0.4) is 0 Å². The molecule has 0 radical (unpaired) electrons. The Morgan fingerprint density at radius 3 is 2.73 bits per heavy atom. The number of hydrogen-bond donors (Lipinski definition) is 1. The van der Waals surface area contributed by atoms with Crippen LogP contribution < -0.4 is 0 Å². The largest absolute Gasteiger partial charge is 0.478 e. The number of hydrogen-bond acceptors (Lipinski definition) is 3. The molecule has 110 valence electrons. The standard InChI is InChI=1S/C17H15N3O2/c1-12-11-20(14-5-3-2-4-6-14)19-16(12)9-13-10-18-8-7-15(13)17(21)22/h2-8,10-11H,9H2,1H3,(H,21,22). The molecule has 0 bridgehead atoms. The molecule has 3 rings (SSSR count). The zero-order chi connectivity index (χ0) is 15.5. The minimum Gasteiger partial charge on any atom is -0.478 e. The molecule has 3 aromatic rings. The van der Waals surface area contributed by atoms with E-state index < -0.39 is 5.97 Å². The van der Waals surface area contributed by atoms with Crippen LogP contribution in [0.4, 0.5) is 0 Å². The molecule has 2 heterocycles. The molecule has 1 aromatic carbocycles. The molecule has 1 N–H and O–H groups in total. The van der Waals surface area contributed by atoms with E-state index in [9.17, 15) is 9.90 Å². The lowest BCUT2D eigenvalue weighted by atomic mass is 10.0. The lowest BCUT2D eigenvalue weighted by molar-refractivity contribution is 0.0695. The predicted octanol–water partition coefficient (Wildman–Crippen LogP) is 2.86. The van der Waals surface area contributed by atoms with Crippen LogP contribution in [0.25, 0.3) is 5.69 Å². The zero-order valence-electron chi connectivity index (χ0n) is 12.1. The topological polar surface area (TPSA) is 68.0 Å². The SMILES string of the molecule is Cc1cn(-c2ccccc2)nc1Cc1cnccc1C(=O)O. The molecule has 0 spiro atoms. The van der Waals surface area contributed by atoms with Crippen molar-refractivity contribution in [3.8, 4) is 5.69 Å². The summed E-state index contributed by atoms with van der Waals surface area (Å²) in [7, 11) is 0. The van der Waals surface area contributed by atoms with Crippen LogP contribution in [-0.2, 0) is 6.42 Å². The Balaban J connectivity index is 1.94. The maximum Gasteiger partial charge on any atom is 0.336 e. The first-order chi connectivity index (χ1) is 10.6. The molecule has 0 unspecified atom stereocenters. The molecule has 0 aliphatic rings. The van der Waals surface area contributed by atoms with Gasteiger partial charge >= 0.3 is 5.97 Å². The van der Waals surface area contributed by atoms with Crippen LogP contribution in [0.1, 0.15) is 27.2 Å². The lowest BCUT2D eigenvalue weighted by Gasteiger charge is -2.04. The molecular formula is C17H15N3O2. The summed E-state index contributed by atoms with van der Waals surface area (Å²) in [6.07, 6.45) is 5.47. The number of benzene rings is 1. The van der Waals surface area contributed by atoms with Crippen LogP contribution in [0.15, 0.2) is 55.0 Å². The monoisotopic (exact) mass is 293 g/mol. The molecular weight excluding hydrogens is 278 g/mol. The van der Waals surface area contributed by atoms with Gasteiger partial charge in [0.05, 0.1) is 16.9 Å². The number of pyridine rings is 1. The van der Waals surface area contributed by atoms with Gasteiger partial charge in [0.25, 0.3) is 0 Å². The molecule has 0 saturated carbocycles. The fraction of sp³-hybridized carbons (Fsp3) is 0.118. The van der Waals surface area contributed by atoms with Gasteiger partial charge in [-0.15, -0.1) is 0 Å². The highest BCUT2D eigenvalue weighted by Crippen LogP contribution is 2.17. The van der Waals surface area contributed by atoms with Crippen molar-refractivity contribution in [3.63, 3.8) is 0 Å².